The Hall–Kier alpha value is -1.59. The minimum atomic E-state index is -0.317. The number of carbonyl (C=O) groups excluding carboxylic acids is 1. The van der Waals surface area contributed by atoms with Crippen LogP contribution in [-0.4, -0.2) is 62.7 Å². The van der Waals surface area contributed by atoms with E-state index < -0.39 is 0 Å². The molecular weight excluding hydrogens is 268 g/mol. The summed E-state index contributed by atoms with van der Waals surface area (Å²) in [6, 6.07) is 6.06. The molecule has 0 saturated carbocycles. The highest BCUT2D eigenvalue weighted by Gasteiger charge is 2.29. The highest BCUT2D eigenvalue weighted by atomic mass is 16.5. The van der Waals surface area contributed by atoms with Gasteiger partial charge in [-0.05, 0) is 19.2 Å². The summed E-state index contributed by atoms with van der Waals surface area (Å²) in [4.78, 5) is 16.5. The molecule has 0 radical (unpaired) electrons. The Morgan fingerprint density at radius 1 is 1.29 bits per heavy atom. The van der Waals surface area contributed by atoms with Gasteiger partial charge in [-0.3, -0.25) is 4.90 Å². The predicted molar refractivity (Wildman–Crippen MR) is 79.7 cm³/mol. The first-order valence-corrected chi connectivity index (χ1v) is 7.46. The van der Waals surface area contributed by atoms with Crippen LogP contribution in [0, 0.1) is 0 Å². The van der Waals surface area contributed by atoms with Crippen molar-refractivity contribution in [3.63, 3.8) is 0 Å². The van der Waals surface area contributed by atoms with Crippen LogP contribution in [0.4, 0.5) is 0 Å². The van der Waals surface area contributed by atoms with E-state index in [1.165, 1.54) is 12.7 Å². The molecule has 1 aromatic rings. The maximum atomic E-state index is 11.6. The molecule has 0 aromatic heterocycles. The maximum absolute atomic E-state index is 11.6. The Labute approximate surface area is 125 Å². The Balaban J connectivity index is 1.83. The van der Waals surface area contributed by atoms with Gasteiger partial charge in [0.2, 0.25) is 0 Å². The number of methoxy groups -OCH3 is 1. The van der Waals surface area contributed by atoms with Gasteiger partial charge in [-0.25, -0.2) is 4.79 Å². The third-order valence-electron chi connectivity index (χ3n) is 4.42. The van der Waals surface area contributed by atoms with Gasteiger partial charge in [0, 0.05) is 44.2 Å². The highest BCUT2D eigenvalue weighted by Crippen LogP contribution is 2.37. The van der Waals surface area contributed by atoms with Crippen LogP contribution in [0.3, 0.4) is 0 Å². The number of piperazine rings is 1. The lowest BCUT2D eigenvalue weighted by atomic mass is 9.96. The molecule has 0 N–H and O–H groups in total. The number of rotatable bonds is 2. The Kier molecular flexibility index (Phi) is 4.12. The lowest BCUT2D eigenvalue weighted by Crippen LogP contribution is -2.46. The molecule has 2 aliphatic rings. The van der Waals surface area contributed by atoms with Crippen LogP contribution < -0.4 is 4.74 Å². The number of nitrogens with zero attached hydrogens (tertiary/aromatic N) is 2. The molecule has 1 atom stereocenters. The normalized spacial score (nSPS) is 23.2. The van der Waals surface area contributed by atoms with E-state index in [1.807, 2.05) is 18.2 Å². The lowest BCUT2D eigenvalue weighted by molar-refractivity contribution is 0.0598. The zero-order valence-electron chi connectivity index (χ0n) is 12.7. The third kappa shape index (κ3) is 2.89. The van der Waals surface area contributed by atoms with E-state index in [-0.39, 0.29) is 5.97 Å². The monoisotopic (exact) mass is 290 g/mol. The van der Waals surface area contributed by atoms with Gasteiger partial charge in [0.1, 0.15) is 5.75 Å². The Morgan fingerprint density at radius 3 is 2.76 bits per heavy atom. The largest absolute Gasteiger partial charge is 0.493 e. The van der Waals surface area contributed by atoms with Gasteiger partial charge in [-0.15, -0.1) is 0 Å². The number of benzene rings is 1. The molecule has 0 spiro atoms. The van der Waals surface area contributed by atoms with E-state index in [1.54, 1.807) is 0 Å². The van der Waals surface area contributed by atoms with Crippen molar-refractivity contribution in [2.75, 3.05) is 46.9 Å². The summed E-state index contributed by atoms with van der Waals surface area (Å²) in [7, 11) is 3.56. The van der Waals surface area contributed by atoms with Crippen molar-refractivity contribution < 1.29 is 14.3 Å². The van der Waals surface area contributed by atoms with E-state index in [2.05, 4.69) is 16.8 Å². The van der Waals surface area contributed by atoms with E-state index >= 15 is 0 Å². The molecule has 1 aromatic carbocycles. The van der Waals surface area contributed by atoms with Gasteiger partial charge >= 0.3 is 5.97 Å². The van der Waals surface area contributed by atoms with Crippen LogP contribution in [0.15, 0.2) is 18.2 Å². The smallest absolute Gasteiger partial charge is 0.337 e. The summed E-state index contributed by atoms with van der Waals surface area (Å²) >= 11 is 0. The average molecular weight is 290 g/mol. The molecule has 2 aliphatic heterocycles. The fourth-order valence-corrected chi connectivity index (χ4v) is 3.13. The number of fused-ring (bicyclic) bond motifs is 1. The van der Waals surface area contributed by atoms with Crippen molar-refractivity contribution >= 4 is 5.97 Å². The van der Waals surface area contributed by atoms with Gasteiger partial charge in [-0.1, -0.05) is 6.07 Å². The van der Waals surface area contributed by atoms with E-state index in [0.717, 1.165) is 38.3 Å². The Morgan fingerprint density at radius 2 is 2.05 bits per heavy atom. The third-order valence-corrected chi connectivity index (χ3v) is 4.42. The molecule has 114 valence electrons. The van der Waals surface area contributed by atoms with Gasteiger partial charge < -0.3 is 14.4 Å². The first kappa shape index (κ1) is 14.4. The summed E-state index contributed by atoms with van der Waals surface area (Å²) in [6.07, 6.45) is 1.01. The molecule has 5 nitrogen and oxygen atoms in total. The van der Waals surface area contributed by atoms with Crippen molar-refractivity contribution in [3.05, 3.63) is 29.3 Å². The number of likely N-dealkylation sites (N-methyl/N-ethyl adjacent to an activating group) is 1. The number of carbonyl (C=O) groups is 1. The van der Waals surface area contributed by atoms with Crippen molar-refractivity contribution in [1.82, 2.24) is 9.80 Å². The zero-order valence-corrected chi connectivity index (χ0v) is 12.7. The standard InChI is InChI=1S/C16H22N2O3/c1-17-6-8-18(9-7-17)14-5-10-21-15-11-12(16(19)20-2)3-4-13(14)15/h3-4,11,14H,5-10H2,1-2H3/t14-/m0/s1. The van der Waals surface area contributed by atoms with Gasteiger partial charge in [-0.2, -0.15) is 0 Å². The summed E-state index contributed by atoms with van der Waals surface area (Å²) in [6.45, 7) is 5.08. The first-order chi connectivity index (χ1) is 10.2. The number of esters is 1. The molecule has 0 amide bonds. The molecule has 2 heterocycles. The summed E-state index contributed by atoms with van der Waals surface area (Å²) in [5.41, 5.74) is 1.74. The molecule has 0 unspecified atom stereocenters. The maximum Gasteiger partial charge on any atom is 0.337 e. The SMILES string of the molecule is COC(=O)c1ccc2c(c1)OCC[C@@H]2N1CCN(C)CC1. The second-order valence-corrected chi connectivity index (χ2v) is 5.74. The van der Waals surface area contributed by atoms with Gasteiger partial charge in [0.25, 0.3) is 0 Å². The molecule has 21 heavy (non-hydrogen) atoms. The molecule has 1 fully saturated rings. The fraction of sp³-hybridized carbons (Fsp3) is 0.562. The van der Waals surface area contributed by atoms with Crippen LogP contribution in [0.1, 0.15) is 28.4 Å². The zero-order chi connectivity index (χ0) is 14.8. The molecule has 3 rings (SSSR count). The van der Waals surface area contributed by atoms with Crippen LogP contribution in [-0.2, 0) is 4.74 Å². The quantitative estimate of drug-likeness (QED) is 0.773. The molecule has 0 aliphatic carbocycles. The molecule has 5 heteroatoms. The minimum Gasteiger partial charge on any atom is -0.493 e. The minimum absolute atomic E-state index is 0.317. The van der Waals surface area contributed by atoms with Crippen LogP contribution in [0.25, 0.3) is 0 Å². The van der Waals surface area contributed by atoms with E-state index in [0.29, 0.717) is 18.2 Å². The van der Waals surface area contributed by atoms with Crippen molar-refractivity contribution in [2.45, 2.75) is 12.5 Å². The van der Waals surface area contributed by atoms with Gasteiger partial charge in [0.05, 0.1) is 19.3 Å². The summed E-state index contributed by atoms with van der Waals surface area (Å²) < 4.78 is 10.5. The van der Waals surface area contributed by atoms with Crippen LogP contribution >= 0.6 is 0 Å². The highest BCUT2D eigenvalue weighted by molar-refractivity contribution is 5.90. The summed E-state index contributed by atoms with van der Waals surface area (Å²) in [5, 5.41) is 0. The number of ether oxygens (including phenoxy) is 2. The predicted octanol–water partition coefficient (Wildman–Crippen LogP) is 1.54. The van der Waals surface area contributed by atoms with Gasteiger partial charge in [0.15, 0.2) is 0 Å². The van der Waals surface area contributed by atoms with E-state index in [9.17, 15) is 4.79 Å². The fourth-order valence-electron chi connectivity index (χ4n) is 3.13. The second-order valence-electron chi connectivity index (χ2n) is 5.74. The van der Waals surface area contributed by atoms with Crippen molar-refractivity contribution in [3.8, 4) is 5.75 Å². The average Bonchev–Trinajstić information content (AvgIpc) is 2.54. The van der Waals surface area contributed by atoms with Crippen molar-refractivity contribution in [2.24, 2.45) is 0 Å². The number of hydrogen-bond acceptors (Lipinski definition) is 5. The van der Waals surface area contributed by atoms with Crippen LogP contribution in [0.2, 0.25) is 0 Å². The van der Waals surface area contributed by atoms with Crippen molar-refractivity contribution in [1.29, 1.82) is 0 Å². The summed E-state index contributed by atoms with van der Waals surface area (Å²) in [5.74, 6) is 0.510. The molecular formula is C16H22N2O3. The molecule has 0 bridgehead atoms. The second kappa shape index (κ2) is 6.03. The first-order valence-electron chi connectivity index (χ1n) is 7.46. The Bertz CT molecular complexity index is 524. The molecule has 1 saturated heterocycles. The van der Waals surface area contributed by atoms with E-state index in [4.69, 9.17) is 9.47 Å². The topological polar surface area (TPSA) is 42.0 Å². The number of hydrogen-bond donors (Lipinski definition) is 0. The van der Waals surface area contributed by atoms with Crippen LogP contribution in [0.5, 0.6) is 5.75 Å². The lowest BCUT2D eigenvalue weighted by Gasteiger charge is -2.40.